The zero-order chi connectivity index (χ0) is 14.7. The van der Waals surface area contributed by atoms with E-state index in [0.29, 0.717) is 0 Å². The Morgan fingerprint density at radius 2 is 1.85 bits per heavy atom. The molecule has 20 heavy (non-hydrogen) atoms. The zero-order valence-corrected chi connectivity index (χ0v) is 11.9. The third-order valence-corrected chi connectivity index (χ3v) is 3.39. The van der Waals surface area contributed by atoms with Crippen LogP contribution in [0.2, 0.25) is 0 Å². The summed E-state index contributed by atoms with van der Waals surface area (Å²) in [5, 5.41) is 2.84. The Morgan fingerprint density at radius 3 is 2.50 bits per heavy atom. The predicted molar refractivity (Wildman–Crippen MR) is 78.9 cm³/mol. The van der Waals surface area contributed by atoms with E-state index in [1.54, 1.807) is 6.07 Å². The minimum atomic E-state index is -0.356. The van der Waals surface area contributed by atoms with E-state index in [2.05, 4.69) is 10.3 Å². The number of hydrogen-bond acceptors (Lipinski definition) is 2. The first-order valence-electron chi connectivity index (χ1n) is 6.55. The molecule has 1 aromatic carbocycles. The molecule has 0 fully saturated rings. The van der Waals surface area contributed by atoms with Gasteiger partial charge in [0.1, 0.15) is 5.56 Å². The number of amides is 1. The molecule has 0 aliphatic carbocycles. The average molecular weight is 270 g/mol. The highest BCUT2D eigenvalue weighted by atomic mass is 16.2. The van der Waals surface area contributed by atoms with E-state index in [1.807, 2.05) is 51.1 Å². The second-order valence-electron chi connectivity index (χ2n) is 4.93. The summed E-state index contributed by atoms with van der Waals surface area (Å²) in [6.45, 7) is 5.57. The maximum atomic E-state index is 12.2. The molecule has 0 saturated heterocycles. The van der Waals surface area contributed by atoms with E-state index in [1.165, 1.54) is 0 Å². The van der Waals surface area contributed by atoms with Crippen LogP contribution in [0.15, 0.2) is 41.2 Å². The van der Waals surface area contributed by atoms with Crippen LogP contribution < -0.4 is 10.9 Å². The first kappa shape index (κ1) is 14.1. The van der Waals surface area contributed by atoms with E-state index < -0.39 is 0 Å². The smallest absolute Gasteiger partial charge is 0.261 e. The number of carbonyl (C=O) groups excluding carboxylic acids is 1. The number of nitrogens with one attached hydrogen (secondary N) is 2. The first-order chi connectivity index (χ1) is 9.49. The Kier molecular flexibility index (Phi) is 4.03. The van der Waals surface area contributed by atoms with Gasteiger partial charge in [0.25, 0.3) is 11.5 Å². The van der Waals surface area contributed by atoms with Crippen molar-refractivity contribution in [2.45, 2.75) is 26.8 Å². The largest absolute Gasteiger partial charge is 0.345 e. The van der Waals surface area contributed by atoms with Gasteiger partial charge in [-0.25, -0.2) is 0 Å². The van der Waals surface area contributed by atoms with Crippen molar-refractivity contribution in [2.75, 3.05) is 0 Å². The molecule has 0 unspecified atom stereocenters. The lowest BCUT2D eigenvalue weighted by atomic mass is 10.1. The lowest BCUT2D eigenvalue weighted by Gasteiger charge is -2.14. The van der Waals surface area contributed by atoms with Gasteiger partial charge in [0, 0.05) is 5.69 Å². The molecule has 0 saturated carbocycles. The maximum absolute atomic E-state index is 12.2. The monoisotopic (exact) mass is 270 g/mol. The minimum absolute atomic E-state index is 0.148. The first-order valence-corrected chi connectivity index (χ1v) is 6.55. The van der Waals surface area contributed by atoms with Crippen LogP contribution >= 0.6 is 0 Å². The molecule has 1 heterocycles. The molecule has 2 N–H and O–H groups in total. The number of aryl methyl sites for hydroxylation is 2. The summed E-state index contributed by atoms with van der Waals surface area (Å²) in [5.74, 6) is -0.356. The van der Waals surface area contributed by atoms with Gasteiger partial charge in [0.05, 0.1) is 6.04 Å². The van der Waals surface area contributed by atoms with Crippen LogP contribution in [0, 0.1) is 13.8 Å². The van der Waals surface area contributed by atoms with E-state index >= 15 is 0 Å². The molecule has 1 amide bonds. The number of pyridine rings is 1. The van der Waals surface area contributed by atoms with Crippen LogP contribution in [0.1, 0.15) is 40.1 Å². The predicted octanol–water partition coefficient (Wildman–Crippen LogP) is 2.48. The van der Waals surface area contributed by atoms with Gasteiger partial charge in [0.15, 0.2) is 0 Å². The lowest BCUT2D eigenvalue weighted by molar-refractivity contribution is 0.0938. The van der Waals surface area contributed by atoms with E-state index in [4.69, 9.17) is 0 Å². The average Bonchev–Trinajstić information content (AvgIpc) is 2.43. The number of hydrogen-bond donors (Lipinski definition) is 2. The summed E-state index contributed by atoms with van der Waals surface area (Å²) in [6, 6.07) is 11.1. The van der Waals surface area contributed by atoms with Crippen LogP contribution in [0.5, 0.6) is 0 Å². The minimum Gasteiger partial charge on any atom is -0.345 e. The standard InChI is InChI=1S/C16H18N2O2/c1-10-9-14(15(19)17-11(10)2)16(20)18-12(3)13-7-5-4-6-8-13/h4-9,12H,1-3H3,(H,17,19)(H,18,20)/t12-/m0/s1. The van der Waals surface area contributed by atoms with Gasteiger partial charge in [0.2, 0.25) is 0 Å². The number of H-pyrrole nitrogens is 1. The van der Waals surface area contributed by atoms with Gasteiger partial charge >= 0.3 is 0 Å². The highest BCUT2D eigenvalue weighted by molar-refractivity contribution is 5.94. The fraction of sp³-hybridized carbons (Fsp3) is 0.250. The van der Waals surface area contributed by atoms with Crippen molar-refractivity contribution < 1.29 is 4.79 Å². The third-order valence-electron chi connectivity index (χ3n) is 3.39. The fourth-order valence-electron chi connectivity index (χ4n) is 1.99. The molecule has 0 bridgehead atoms. The molecule has 2 aromatic rings. The summed E-state index contributed by atoms with van der Waals surface area (Å²) in [6.07, 6.45) is 0. The molecule has 1 aromatic heterocycles. The molecule has 0 radical (unpaired) electrons. The Bertz CT molecular complexity index is 675. The topological polar surface area (TPSA) is 62.0 Å². The van der Waals surface area contributed by atoms with E-state index in [-0.39, 0.29) is 23.1 Å². The second kappa shape index (κ2) is 5.74. The van der Waals surface area contributed by atoms with Crippen molar-refractivity contribution in [3.8, 4) is 0 Å². The van der Waals surface area contributed by atoms with E-state index in [0.717, 1.165) is 16.8 Å². The highest BCUT2D eigenvalue weighted by Crippen LogP contribution is 2.12. The van der Waals surface area contributed by atoms with Gasteiger partial charge in [-0.2, -0.15) is 0 Å². The Balaban J connectivity index is 2.21. The van der Waals surface area contributed by atoms with Crippen LogP contribution in [-0.4, -0.2) is 10.9 Å². The van der Waals surface area contributed by atoms with Crippen molar-refractivity contribution in [3.05, 3.63) is 69.1 Å². The molecule has 1 atom stereocenters. The van der Waals surface area contributed by atoms with Gasteiger partial charge < -0.3 is 10.3 Å². The molecule has 0 aliphatic rings. The molecular formula is C16H18N2O2. The van der Waals surface area contributed by atoms with Crippen LogP contribution in [-0.2, 0) is 0 Å². The molecule has 104 valence electrons. The summed E-state index contributed by atoms with van der Waals surface area (Å²) in [7, 11) is 0. The number of carbonyl (C=O) groups is 1. The van der Waals surface area contributed by atoms with Crippen molar-refractivity contribution in [3.63, 3.8) is 0 Å². The number of benzene rings is 1. The van der Waals surface area contributed by atoms with Crippen molar-refractivity contribution >= 4 is 5.91 Å². The highest BCUT2D eigenvalue weighted by Gasteiger charge is 2.15. The Labute approximate surface area is 117 Å². The van der Waals surface area contributed by atoms with Crippen molar-refractivity contribution in [1.29, 1.82) is 0 Å². The zero-order valence-electron chi connectivity index (χ0n) is 11.9. The summed E-state index contributed by atoms with van der Waals surface area (Å²) >= 11 is 0. The molecule has 4 heteroatoms. The van der Waals surface area contributed by atoms with Crippen molar-refractivity contribution in [1.82, 2.24) is 10.3 Å². The van der Waals surface area contributed by atoms with Gasteiger partial charge in [-0.05, 0) is 38.0 Å². The lowest BCUT2D eigenvalue weighted by Crippen LogP contribution is -2.32. The van der Waals surface area contributed by atoms with Gasteiger partial charge in [-0.3, -0.25) is 9.59 Å². The SMILES string of the molecule is Cc1cc(C(=O)N[C@@H](C)c2ccccc2)c(=O)[nH]c1C. The maximum Gasteiger partial charge on any atom is 0.261 e. The van der Waals surface area contributed by atoms with Crippen LogP contribution in [0.3, 0.4) is 0 Å². The van der Waals surface area contributed by atoms with Crippen LogP contribution in [0.4, 0.5) is 0 Å². The van der Waals surface area contributed by atoms with Crippen LogP contribution in [0.25, 0.3) is 0 Å². The van der Waals surface area contributed by atoms with Crippen molar-refractivity contribution in [2.24, 2.45) is 0 Å². The fourth-order valence-corrected chi connectivity index (χ4v) is 1.99. The van der Waals surface area contributed by atoms with E-state index in [9.17, 15) is 9.59 Å². The molecular weight excluding hydrogens is 252 g/mol. The molecule has 2 rings (SSSR count). The number of aromatic nitrogens is 1. The molecule has 0 spiro atoms. The quantitative estimate of drug-likeness (QED) is 0.900. The third kappa shape index (κ3) is 2.96. The summed E-state index contributed by atoms with van der Waals surface area (Å²) in [5.41, 5.74) is 2.47. The van der Waals surface area contributed by atoms with Gasteiger partial charge in [-0.15, -0.1) is 0 Å². The Hall–Kier alpha value is -2.36. The summed E-state index contributed by atoms with van der Waals surface area (Å²) in [4.78, 5) is 26.7. The summed E-state index contributed by atoms with van der Waals surface area (Å²) < 4.78 is 0. The Morgan fingerprint density at radius 1 is 1.20 bits per heavy atom. The molecule has 0 aliphatic heterocycles. The second-order valence-corrected chi connectivity index (χ2v) is 4.93. The number of aromatic amines is 1. The molecule has 4 nitrogen and oxygen atoms in total. The van der Waals surface area contributed by atoms with Gasteiger partial charge in [-0.1, -0.05) is 30.3 Å². The normalized spacial score (nSPS) is 11.9. The number of rotatable bonds is 3.